The molecule has 2 rings (SSSR count). The summed E-state index contributed by atoms with van der Waals surface area (Å²) in [4.78, 5) is 12.3. The molecule has 4 N–H and O–H groups in total. The number of nitrogens with one attached hydrogen (secondary N) is 1. The Morgan fingerprint density at radius 3 is 2.65 bits per heavy atom. The molecule has 1 aromatic heterocycles. The molecule has 0 saturated heterocycles. The highest BCUT2D eigenvalue weighted by Crippen LogP contribution is 2.26. The molecule has 0 saturated carbocycles. The predicted molar refractivity (Wildman–Crippen MR) is 103 cm³/mol. The van der Waals surface area contributed by atoms with Gasteiger partial charge in [0.1, 0.15) is 11.4 Å². The summed E-state index contributed by atoms with van der Waals surface area (Å²) in [6.45, 7) is 6.27. The fourth-order valence-electron chi connectivity index (χ4n) is 2.61. The number of anilines is 3. The first-order chi connectivity index (χ1) is 12.5. The molecule has 7 nitrogen and oxygen atoms in total. The lowest BCUT2D eigenvalue weighted by Crippen LogP contribution is -2.19. The average Bonchev–Trinajstić information content (AvgIpc) is 2.90. The third-order valence-corrected chi connectivity index (χ3v) is 4.06. The van der Waals surface area contributed by atoms with Gasteiger partial charge >= 0.3 is 5.97 Å². The summed E-state index contributed by atoms with van der Waals surface area (Å²) in [5.74, 6) is -0.0185. The van der Waals surface area contributed by atoms with Crippen LogP contribution in [0.3, 0.4) is 0 Å². The lowest BCUT2D eigenvalue weighted by molar-refractivity contribution is 0.0528. The number of ether oxygens (including phenoxy) is 1. The number of nitrogens with two attached hydrogens (primary N) is 1. The van der Waals surface area contributed by atoms with Gasteiger partial charge in [-0.1, -0.05) is 37.5 Å². The number of hydrogen-bond donors (Lipinski definition) is 3. The highest BCUT2D eigenvalue weighted by molar-refractivity contribution is 6.00. The number of aromatic nitrogens is 2. The number of nitrogens with zero attached hydrogens (tertiary/aromatic N) is 2. The van der Waals surface area contributed by atoms with Crippen molar-refractivity contribution in [1.29, 1.82) is 0 Å². The number of benzene rings is 1. The second kappa shape index (κ2) is 9.24. The van der Waals surface area contributed by atoms with Crippen LogP contribution in [0.4, 0.5) is 17.3 Å². The number of aliphatic hydroxyl groups is 1. The molecule has 1 heterocycles. The number of esters is 1. The summed E-state index contributed by atoms with van der Waals surface area (Å²) in [6, 6.07) is 7.72. The number of unbranched alkanes of at least 4 members (excludes halogenated alkanes) is 1. The number of aliphatic hydroxyl groups excluding tert-OH is 1. The van der Waals surface area contributed by atoms with E-state index < -0.39 is 12.1 Å². The first-order valence-corrected chi connectivity index (χ1v) is 9.01. The number of aryl methyl sites for hydroxylation is 1. The standard InChI is InChI=1S/C19H28N4O3/c1-4-6-7-15(24)12-23-17(20)16(19(25)26-5-2)18(22-23)21-14-10-8-13(3)9-11-14/h8-11,15,24H,4-7,12,20H2,1-3H3,(H,21,22). The van der Waals surface area contributed by atoms with Crippen molar-refractivity contribution in [2.24, 2.45) is 0 Å². The van der Waals surface area contributed by atoms with E-state index in [1.807, 2.05) is 31.2 Å². The van der Waals surface area contributed by atoms with Gasteiger partial charge in [0.25, 0.3) is 0 Å². The van der Waals surface area contributed by atoms with E-state index in [-0.39, 0.29) is 24.5 Å². The molecule has 26 heavy (non-hydrogen) atoms. The number of rotatable bonds is 9. The number of nitrogen functional groups attached to an aromatic ring is 1. The molecule has 0 amide bonds. The first-order valence-electron chi connectivity index (χ1n) is 9.01. The Morgan fingerprint density at radius 2 is 2.04 bits per heavy atom. The lowest BCUT2D eigenvalue weighted by Gasteiger charge is -2.11. The largest absolute Gasteiger partial charge is 0.462 e. The van der Waals surface area contributed by atoms with Crippen LogP contribution in [0.25, 0.3) is 0 Å². The molecule has 0 aliphatic carbocycles. The molecule has 0 bridgehead atoms. The maximum atomic E-state index is 12.3. The van der Waals surface area contributed by atoms with Gasteiger partial charge < -0.3 is 20.9 Å². The second-order valence-electron chi connectivity index (χ2n) is 6.30. The lowest BCUT2D eigenvalue weighted by atomic mass is 10.1. The van der Waals surface area contributed by atoms with Crippen LogP contribution in [0, 0.1) is 6.92 Å². The highest BCUT2D eigenvalue weighted by atomic mass is 16.5. The van der Waals surface area contributed by atoms with Gasteiger partial charge in [0.05, 0.1) is 19.3 Å². The van der Waals surface area contributed by atoms with Crippen molar-refractivity contribution < 1.29 is 14.6 Å². The Morgan fingerprint density at radius 1 is 1.35 bits per heavy atom. The van der Waals surface area contributed by atoms with Crippen molar-refractivity contribution in [3.05, 3.63) is 35.4 Å². The third kappa shape index (κ3) is 4.98. The summed E-state index contributed by atoms with van der Waals surface area (Å²) in [6.07, 6.45) is 2.01. The quantitative estimate of drug-likeness (QED) is 0.593. The molecule has 2 aromatic rings. The summed E-state index contributed by atoms with van der Waals surface area (Å²) in [5.41, 5.74) is 8.25. The van der Waals surface area contributed by atoms with E-state index in [0.717, 1.165) is 24.1 Å². The zero-order chi connectivity index (χ0) is 19.1. The molecule has 0 spiro atoms. The van der Waals surface area contributed by atoms with Crippen LogP contribution in [0.1, 0.15) is 49.0 Å². The maximum absolute atomic E-state index is 12.3. The summed E-state index contributed by atoms with van der Waals surface area (Å²) < 4.78 is 6.58. The summed E-state index contributed by atoms with van der Waals surface area (Å²) in [7, 11) is 0. The van der Waals surface area contributed by atoms with Crippen LogP contribution in [-0.4, -0.2) is 33.6 Å². The fraction of sp³-hybridized carbons (Fsp3) is 0.474. The van der Waals surface area contributed by atoms with Gasteiger partial charge in [-0.25, -0.2) is 9.48 Å². The summed E-state index contributed by atoms with van der Waals surface area (Å²) >= 11 is 0. The third-order valence-electron chi connectivity index (χ3n) is 4.06. The fourth-order valence-corrected chi connectivity index (χ4v) is 2.61. The van der Waals surface area contributed by atoms with Crippen LogP contribution in [0.5, 0.6) is 0 Å². The van der Waals surface area contributed by atoms with Gasteiger partial charge in [0.15, 0.2) is 5.82 Å². The monoisotopic (exact) mass is 360 g/mol. The van der Waals surface area contributed by atoms with Gasteiger partial charge in [0.2, 0.25) is 0 Å². The average molecular weight is 360 g/mol. The van der Waals surface area contributed by atoms with E-state index in [2.05, 4.69) is 17.3 Å². The minimum absolute atomic E-state index is 0.189. The van der Waals surface area contributed by atoms with Gasteiger partial charge in [0, 0.05) is 5.69 Å². The van der Waals surface area contributed by atoms with E-state index in [4.69, 9.17) is 10.5 Å². The molecular weight excluding hydrogens is 332 g/mol. The number of carbonyl (C=O) groups is 1. The molecule has 1 aromatic carbocycles. The van der Waals surface area contributed by atoms with Gasteiger partial charge in [-0.3, -0.25) is 0 Å². The zero-order valence-electron chi connectivity index (χ0n) is 15.7. The number of carbonyl (C=O) groups excluding carboxylic acids is 1. The van der Waals surface area contributed by atoms with Crippen molar-refractivity contribution >= 4 is 23.3 Å². The normalized spacial score (nSPS) is 12.0. The van der Waals surface area contributed by atoms with E-state index in [1.54, 1.807) is 6.92 Å². The molecule has 7 heteroatoms. The Balaban J connectivity index is 2.30. The van der Waals surface area contributed by atoms with Crippen LogP contribution in [-0.2, 0) is 11.3 Å². The smallest absolute Gasteiger partial charge is 0.345 e. The van der Waals surface area contributed by atoms with Crippen LogP contribution >= 0.6 is 0 Å². The van der Waals surface area contributed by atoms with Crippen LogP contribution in [0.15, 0.2) is 24.3 Å². The van der Waals surface area contributed by atoms with Crippen molar-refractivity contribution in [3.8, 4) is 0 Å². The van der Waals surface area contributed by atoms with Crippen molar-refractivity contribution in [2.45, 2.75) is 52.7 Å². The van der Waals surface area contributed by atoms with Crippen molar-refractivity contribution in [3.63, 3.8) is 0 Å². The topological polar surface area (TPSA) is 102 Å². The Hall–Kier alpha value is -2.54. The Kier molecular flexibility index (Phi) is 7.03. The highest BCUT2D eigenvalue weighted by Gasteiger charge is 2.24. The van der Waals surface area contributed by atoms with Crippen LogP contribution in [0.2, 0.25) is 0 Å². The van der Waals surface area contributed by atoms with E-state index >= 15 is 0 Å². The molecule has 0 aliphatic rings. The molecular formula is C19H28N4O3. The molecule has 0 radical (unpaired) electrons. The minimum Gasteiger partial charge on any atom is -0.462 e. The van der Waals surface area contributed by atoms with Gasteiger partial charge in [-0.2, -0.15) is 5.10 Å². The van der Waals surface area contributed by atoms with Crippen LogP contribution < -0.4 is 11.1 Å². The van der Waals surface area contributed by atoms with E-state index in [1.165, 1.54) is 4.68 Å². The first kappa shape index (κ1) is 19.8. The second-order valence-corrected chi connectivity index (χ2v) is 6.30. The molecule has 1 unspecified atom stereocenters. The minimum atomic E-state index is -0.570. The van der Waals surface area contributed by atoms with E-state index in [0.29, 0.717) is 12.2 Å². The zero-order valence-corrected chi connectivity index (χ0v) is 15.7. The number of hydrogen-bond acceptors (Lipinski definition) is 6. The van der Waals surface area contributed by atoms with Gasteiger partial charge in [-0.15, -0.1) is 0 Å². The summed E-state index contributed by atoms with van der Waals surface area (Å²) in [5, 5.41) is 17.7. The van der Waals surface area contributed by atoms with E-state index in [9.17, 15) is 9.90 Å². The van der Waals surface area contributed by atoms with Crippen molar-refractivity contribution in [2.75, 3.05) is 17.7 Å². The SMILES string of the molecule is CCCCC(O)Cn1nc(Nc2ccc(C)cc2)c(C(=O)OCC)c1N. The Labute approximate surface area is 154 Å². The maximum Gasteiger partial charge on any atom is 0.345 e. The predicted octanol–water partition coefficient (Wildman–Crippen LogP) is 3.25. The molecule has 1 atom stereocenters. The molecule has 0 aliphatic heterocycles. The van der Waals surface area contributed by atoms with Crippen molar-refractivity contribution in [1.82, 2.24) is 9.78 Å². The Bertz CT molecular complexity index is 725. The molecule has 0 fully saturated rings. The molecule has 142 valence electrons. The van der Waals surface area contributed by atoms with Gasteiger partial charge in [-0.05, 0) is 32.4 Å².